The zero-order chi connectivity index (χ0) is 13.4. The van der Waals surface area contributed by atoms with Crippen LogP contribution in [0.3, 0.4) is 0 Å². The third kappa shape index (κ3) is 2.12. The molecule has 0 spiro atoms. The van der Waals surface area contributed by atoms with Gasteiger partial charge in [-0.1, -0.05) is 6.92 Å². The standard InChI is InChI=1S/C11H12ClN7/c1-3-6-7(4-19(2)18-6)15-10-8-9(14-5-13-8)16-11(12)17-10/h4-5H,3H2,1-2H3,(H2,13,14,15,16,17). The fourth-order valence-corrected chi connectivity index (χ4v) is 2.09. The normalized spacial score (nSPS) is 11.1. The molecule has 3 aromatic rings. The molecule has 0 amide bonds. The van der Waals surface area contributed by atoms with Crippen molar-refractivity contribution in [2.24, 2.45) is 7.05 Å². The van der Waals surface area contributed by atoms with E-state index in [1.165, 1.54) is 0 Å². The summed E-state index contributed by atoms with van der Waals surface area (Å²) < 4.78 is 1.76. The Morgan fingerprint density at radius 2 is 2.26 bits per heavy atom. The predicted molar refractivity (Wildman–Crippen MR) is 72.6 cm³/mol. The lowest BCUT2D eigenvalue weighted by molar-refractivity contribution is 0.746. The SMILES string of the molecule is CCc1nn(C)cc1Nc1nc(Cl)nc2nc[nH]c12. The van der Waals surface area contributed by atoms with Gasteiger partial charge in [-0.2, -0.15) is 15.1 Å². The first-order chi connectivity index (χ1) is 9.17. The second-order valence-corrected chi connectivity index (χ2v) is 4.42. The van der Waals surface area contributed by atoms with E-state index in [1.54, 1.807) is 11.0 Å². The highest BCUT2D eigenvalue weighted by Crippen LogP contribution is 2.24. The van der Waals surface area contributed by atoms with Gasteiger partial charge in [-0.3, -0.25) is 4.68 Å². The highest BCUT2D eigenvalue weighted by atomic mass is 35.5. The molecule has 0 fully saturated rings. The lowest BCUT2D eigenvalue weighted by Crippen LogP contribution is -1.98. The predicted octanol–water partition coefficient (Wildman–Crippen LogP) is 2.05. The van der Waals surface area contributed by atoms with Crippen LogP contribution in [0.2, 0.25) is 5.28 Å². The molecule has 0 aliphatic rings. The minimum absolute atomic E-state index is 0.157. The smallest absolute Gasteiger partial charge is 0.226 e. The van der Waals surface area contributed by atoms with Gasteiger partial charge in [-0.15, -0.1) is 0 Å². The first-order valence-electron chi connectivity index (χ1n) is 5.83. The van der Waals surface area contributed by atoms with Crippen molar-refractivity contribution in [2.75, 3.05) is 5.32 Å². The van der Waals surface area contributed by atoms with Crippen molar-refractivity contribution in [1.29, 1.82) is 0 Å². The summed E-state index contributed by atoms with van der Waals surface area (Å²) in [7, 11) is 1.88. The topological polar surface area (TPSA) is 84.3 Å². The Bertz CT molecular complexity index is 730. The van der Waals surface area contributed by atoms with E-state index in [0.717, 1.165) is 23.3 Å². The van der Waals surface area contributed by atoms with Crippen LogP contribution in [0.4, 0.5) is 11.5 Å². The minimum atomic E-state index is 0.157. The highest BCUT2D eigenvalue weighted by molar-refractivity contribution is 6.28. The van der Waals surface area contributed by atoms with Gasteiger partial charge in [0.2, 0.25) is 5.28 Å². The fourth-order valence-electron chi connectivity index (χ4n) is 1.92. The Kier molecular flexibility index (Phi) is 2.83. The molecule has 8 heteroatoms. The maximum atomic E-state index is 5.89. The lowest BCUT2D eigenvalue weighted by atomic mass is 10.3. The quantitative estimate of drug-likeness (QED) is 0.716. The van der Waals surface area contributed by atoms with Crippen molar-refractivity contribution in [3.63, 3.8) is 0 Å². The van der Waals surface area contributed by atoms with Crippen LogP contribution in [-0.4, -0.2) is 29.7 Å². The molecule has 0 aromatic carbocycles. The molecule has 0 bridgehead atoms. The van der Waals surface area contributed by atoms with Gasteiger partial charge in [0.25, 0.3) is 0 Å². The number of hydrogen-bond donors (Lipinski definition) is 2. The molecule has 0 saturated heterocycles. The molecule has 19 heavy (non-hydrogen) atoms. The van der Waals surface area contributed by atoms with Crippen molar-refractivity contribution >= 4 is 34.3 Å². The third-order valence-electron chi connectivity index (χ3n) is 2.75. The molecule has 7 nitrogen and oxygen atoms in total. The number of nitrogens with one attached hydrogen (secondary N) is 2. The summed E-state index contributed by atoms with van der Waals surface area (Å²) in [5.41, 5.74) is 3.11. The number of imidazole rings is 1. The molecule has 0 aliphatic heterocycles. The zero-order valence-corrected chi connectivity index (χ0v) is 11.2. The second-order valence-electron chi connectivity index (χ2n) is 4.08. The number of rotatable bonds is 3. The van der Waals surface area contributed by atoms with E-state index in [4.69, 9.17) is 11.6 Å². The van der Waals surface area contributed by atoms with Gasteiger partial charge in [0, 0.05) is 13.2 Å². The number of halogens is 1. The summed E-state index contributed by atoms with van der Waals surface area (Å²) in [5.74, 6) is 0.593. The highest BCUT2D eigenvalue weighted by Gasteiger charge is 2.12. The Balaban J connectivity index is 2.07. The first-order valence-corrected chi connectivity index (χ1v) is 6.21. The van der Waals surface area contributed by atoms with Gasteiger partial charge in [-0.25, -0.2) is 4.98 Å². The fraction of sp³-hybridized carbons (Fsp3) is 0.273. The molecule has 3 aromatic heterocycles. The van der Waals surface area contributed by atoms with Crippen LogP contribution in [0.25, 0.3) is 11.2 Å². The van der Waals surface area contributed by atoms with Crippen molar-refractivity contribution in [3.05, 3.63) is 23.5 Å². The molecule has 0 atom stereocenters. The monoisotopic (exact) mass is 277 g/mol. The summed E-state index contributed by atoms with van der Waals surface area (Å²) in [5, 5.41) is 7.75. The van der Waals surface area contributed by atoms with Gasteiger partial charge >= 0.3 is 0 Å². The average molecular weight is 278 g/mol. The van der Waals surface area contributed by atoms with Crippen LogP contribution in [-0.2, 0) is 13.5 Å². The number of aromatic nitrogens is 6. The van der Waals surface area contributed by atoms with E-state index >= 15 is 0 Å². The number of nitrogens with zero attached hydrogens (tertiary/aromatic N) is 5. The van der Waals surface area contributed by atoms with E-state index in [2.05, 4.69) is 30.4 Å². The molecule has 0 saturated carbocycles. The van der Waals surface area contributed by atoms with E-state index in [1.807, 2.05) is 20.2 Å². The Morgan fingerprint density at radius 1 is 1.42 bits per heavy atom. The number of aromatic amines is 1. The molecular weight excluding hydrogens is 266 g/mol. The summed E-state index contributed by atoms with van der Waals surface area (Å²) in [4.78, 5) is 15.3. The average Bonchev–Trinajstić information content (AvgIpc) is 2.95. The van der Waals surface area contributed by atoms with Crippen LogP contribution in [0, 0.1) is 0 Å². The van der Waals surface area contributed by atoms with Crippen LogP contribution in [0.15, 0.2) is 12.5 Å². The summed E-state index contributed by atoms with van der Waals surface area (Å²) in [6.45, 7) is 2.05. The van der Waals surface area contributed by atoms with Crippen LogP contribution >= 0.6 is 11.6 Å². The number of fused-ring (bicyclic) bond motifs is 1. The maximum absolute atomic E-state index is 5.89. The number of H-pyrrole nitrogens is 1. The number of anilines is 2. The van der Waals surface area contributed by atoms with E-state index in [9.17, 15) is 0 Å². The van der Waals surface area contributed by atoms with Crippen molar-refractivity contribution in [2.45, 2.75) is 13.3 Å². The Hall–Kier alpha value is -2.15. The van der Waals surface area contributed by atoms with Gasteiger partial charge in [-0.05, 0) is 18.0 Å². The summed E-state index contributed by atoms with van der Waals surface area (Å²) >= 11 is 5.89. The molecular formula is C11H12ClN7. The largest absolute Gasteiger partial charge is 0.340 e. The third-order valence-corrected chi connectivity index (χ3v) is 2.92. The van der Waals surface area contributed by atoms with E-state index in [-0.39, 0.29) is 5.28 Å². The van der Waals surface area contributed by atoms with Gasteiger partial charge in [0.15, 0.2) is 11.5 Å². The maximum Gasteiger partial charge on any atom is 0.226 e. The van der Waals surface area contributed by atoms with Gasteiger partial charge < -0.3 is 10.3 Å². The molecule has 0 radical (unpaired) electrons. The van der Waals surface area contributed by atoms with Crippen molar-refractivity contribution in [1.82, 2.24) is 29.7 Å². The Labute approximate surface area is 114 Å². The molecule has 0 unspecified atom stereocenters. The van der Waals surface area contributed by atoms with Crippen LogP contribution in [0.1, 0.15) is 12.6 Å². The molecule has 3 rings (SSSR count). The van der Waals surface area contributed by atoms with E-state index < -0.39 is 0 Å². The van der Waals surface area contributed by atoms with Crippen LogP contribution < -0.4 is 5.32 Å². The summed E-state index contributed by atoms with van der Waals surface area (Å²) in [6.07, 6.45) is 4.29. The first kappa shape index (κ1) is 11.9. The lowest BCUT2D eigenvalue weighted by Gasteiger charge is -2.05. The molecule has 0 aliphatic carbocycles. The summed E-state index contributed by atoms with van der Waals surface area (Å²) in [6, 6.07) is 0. The molecule has 98 valence electrons. The van der Waals surface area contributed by atoms with Crippen LogP contribution in [0.5, 0.6) is 0 Å². The zero-order valence-electron chi connectivity index (χ0n) is 10.5. The van der Waals surface area contributed by atoms with Crippen molar-refractivity contribution in [3.8, 4) is 0 Å². The minimum Gasteiger partial charge on any atom is -0.340 e. The molecule has 3 heterocycles. The van der Waals surface area contributed by atoms with Gasteiger partial charge in [0.05, 0.1) is 17.7 Å². The number of aryl methyl sites for hydroxylation is 2. The van der Waals surface area contributed by atoms with Gasteiger partial charge in [0.1, 0.15) is 5.52 Å². The van der Waals surface area contributed by atoms with Crippen molar-refractivity contribution < 1.29 is 0 Å². The van der Waals surface area contributed by atoms with E-state index in [0.29, 0.717) is 11.5 Å². The second kappa shape index (κ2) is 4.51. The number of hydrogen-bond acceptors (Lipinski definition) is 5. The molecule has 2 N–H and O–H groups in total. The Morgan fingerprint density at radius 3 is 3.05 bits per heavy atom.